The third-order valence-corrected chi connectivity index (χ3v) is 5.17. The van der Waals surface area contributed by atoms with E-state index in [2.05, 4.69) is 6.58 Å². The Hall–Kier alpha value is -1.58. The van der Waals surface area contributed by atoms with E-state index in [1.165, 1.54) is 57.4 Å². The Morgan fingerprint density at radius 3 is 1.96 bits per heavy atom. The molecule has 2 N–H and O–H groups in total. The van der Waals surface area contributed by atoms with Crippen LogP contribution in [0.25, 0.3) is 0 Å². The molecule has 2 aliphatic rings. The summed E-state index contributed by atoms with van der Waals surface area (Å²) in [6, 6.07) is 0.462. The van der Waals surface area contributed by atoms with Gasteiger partial charge in [-0.2, -0.15) is 0 Å². The van der Waals surface area contributed by atoms with E-state index in [1.54, 1.807) is 6.92 Å². The normalized spacial score (nSPS) is 19.8. The zero-order valence-corrected chi connectivity index (χ0v) is 15.4. The van der Waals surface area contributed by atoms with Crippen LogP contribution in [0.1, 0.15) is 71.1 Å². The van der Waals surface area contributed by atoms with Crippen molar-refractivity contribution in [2.24, 2.45) is 11.7 Å². The maximum absolute atomic E-state index is 11.2. The molecule has 0 aliphatic heterocycles. The molecule has 0 atom stereocenters. The molecule has 0 unspecified atom stereocenters. The Morgan fingerprint density at radius 2 is 1.50 bits per heavy atom. The molecule has 4 heteroatoms. The van der Waals surface area contributed by atoms with Crippen LogP contribution in [0.4, 0.5) is 0 Å². The highest BCUT2D eigenvalue weighted by Crippen LogP contribution is 2.25. The van der Waals surface area contributed by atoms with Gasteiger partial charge in [0.05, 0.1) is 0 Å². The molecule has 0 radical (unpaired) electrons. The number of carbonyl (C=O) groups is 2. The van der Waals surface area contributed by atoms with Gasteiger partial charge in [-0.3, -0.25) is 9.59 Å². The standard InChI is InChI=1S/2C10H17NO/c1-8(10(11)12)7-9-5-3-2-4-6-9;1-3-10(12)11(2)9-7-5-4-6-8-9/h7,9H,2-6H2,1H3,(H2,11,12);3,9H,1,4-8H2,2H3. The number of primary amides is 1. The monoisotopic (exact) mass is 334 g/mol. The zero-order valence-electron chi connectivity index (χ0n) is 15.4. The molecule has 24 heavy (non-hydrogen) atoms. The molecule has 2 fully saturated rings. The Bertz CT molecular complexity index is 445. The summed E-state index contributed by atoms with van der Waals surface area (Å²) in [5.74, 6) is 0.383. The molecule has 0 aromatic carbocycles. The van der Waals surface area contributed by atoms with E-state index in [0.717, 1.165) is 18.4 Å². The van der Waals surface area contributed by atoms with Crippen LogP contribution in [0.2, 0.25) is 0 Å². The van der Waals surface area contributed by atoms with Gasteiger partial charge in [0.1, 0.15) is 0 Å². The van der Waals surface area contributed by atoms with E-state index in [1.807, 2.05) is 18.0 Å². The number of likely N-dealkylation sites (N-methyl/N-ethyl adjacent to an activating group) is 1. The number of amides is 2. The summed E-state index contributed by atoms with van der Waals surface area (Å²) < 4.78 is 0. The van der Waals surface area contributed by atoms with Crippen LogP contribution in [0.15, 0.2) is 24.3 Å². The highest BCUT2D eigenvalue weighted by molar-refractivity contribution is 5.91. The van der Waals surface area contributed by atoms with Crippen LogP contribution in [0.3, 0.4) is 0 Å². The first-order valence-electron chi connectivity index (χ1n) is 9.33. The highest BCUT2D eigenvalue weighted by atomic mass is 16.2. The molecule has 0 saturated heterocycles. The molecule has 4 nitrogen and oxygen atoms in total. The zero-order chi connectivity index (χ0) is 17.9. The minimum atomic E-state index is -0.277. The number of hydrogen-bond donors (Lipinski definition) is 1. The van der Waals surface area contributed by atoms with E-state index in [4.69, 9.17) is 5.73 Å². The molecule has 2 amide bonds. The maximum Gasteiger partial charge on any atom is 0.245 e. The molecule has 2 aliphatic carbocycles. The van der Waals surface area contributed by atoms with Crippen molar-refractivity contribution in [3.63, 3.8) is 0 Å². The summed E-state index contributed by atoms with van der Waals surface area (Å²) in [5.41, 5.74) is 5.87. The Labute approximate surface area is 147 Å². The van der Waals surface area contributed by atoms with Gasteiger partial charge in [0.15, 0.2) is 0 Å². The van der Waals surface area contributed by atoms with Gasteiger partial charge in [-0.15, -0.1) is 0 Å². The first-order valence-corrected chi connectivity index (χ1v) is 9.33. The fourth-order valence-corrected chi connectivity index (χ4v) is 3.53. The summed E-state index contributed by atoms with van der Waals surface area (Å²) in [5, 5.41) is 0. The van der Waals surface area contributed by atoms with Crippen molar-refractivity contribution in [3.8, 4) is 0 Å². The van der Waals surface area contributed by atoms with Crippen molar-refractivity contribution >= 4 is 11.8 Å². The van der Waals surface area contributed by atoms with E-state index in [-0.39, 0.29) is 11.8 Å². The first kappa shape index (κ1) is 20.5. The van der Waals surface area contributed by atoms with Crippen LogP contribution in [-0.4, -0.2) is 29.8 Å². The smallest absolute Gasteiger partial charge is 0.245 e. The van der Waals surface area contributed by atoms with E-state index in [0.29, 0.717) is 12.0 Å². The minimum Gasteiger partial charge on any atom is -0.366 e. The predicted molar refractivity (Wildman–Crippen MR) is 99.4 cm³/mol. The summed E-state index contributed by atoms with van der Waals surface area (Å²) in [6.07, 6.45) is 16.0. The van der Waals surface area contributed by atoms with Gasteiger partial charge in [-0.05, 0) is 44.6 Å². The van der Waals surface area contributed by atoms with Crippen molar-refractivity contribution in [1.29, 1.82) is 0 Å². The molecule has 0 heterocycles. The second-order valence-electron chi connectivity index (χ2n) is 7.06. The third-order valence-electron chi connectivity index (χ3n) is 5.17. The SMILES string of the molecule is C=CC(=O)N(C)C1CCCCC1.CC(=CC1CCCCC1)C(N)=O. The van der Waals surface area contributed by atoms with Crippen molar-refractivity contribution in [3.05, 3.63) is 24.3 Å². The van der Waals surface area contributed by atoms with Gasteiger partial charge in [-0.1, -0.05) is 51.2 Å². The Morgan fingerprint density at radius 1 is 1.00 bits per heavy atom. The Kier molecular flexibility index (Phi) is 9.43. The first-order chi connectivity index (χ1) is 11.5. The summed E-state index contributed by atoms with van der Waals surface area (Å²) in [7, 11) is 1.88. The van der Waals surface area contributed by atoms with Gasteiger partial charge in [0.2, 0.25) is 11.8 Å². The van der Waals surface area contributed by atoms with Crippen LogP contribution in [0.5, 0.6) is 0 Å². The molecule has 136 valence electrons. The van der Waals surface area contributed by atoms with Gasteiger partial charge >= 0.3 is 0 Å². The average molecular weight is 335 g/mol. The van der Waals surface area contributed by atoms with Gasteiger partial charge in [0.25, 0.3) is 0 Å². The predicted octanol–water partition coefficient (Wildman–Crippen LogP) is 3.96. The molecule has 0 aromatic heterocycles. The summed E-state index contributed by atoms with van der Waals surface area (Å²) >= 11 is 0. The van der Waals surface area contributed by atoms with Crippen LogP contribution < -0.4 is 5.73 Å². The summed E-state index contributed by atoms with van der Waals surface area (Å²) in [6.45, 7) is 5.29. The van der Waals surface area contributed by atoms with E-state index < -0.39 is 0 Å². The van der Waals surface area contributed by atoms with Crippen molar-refractivity contribution in [1.82, 2.24) is 4.90 Å². The lowest BCUT2D eigenvalue weighted by Gasteiger charge is -2.30. The van der Waals surface area contributed by atoms with Gasteiger partial charge in [-0.25, -0.2) is 0 Å². The van der Waals surface area contributed by atoms with Crippen molar-refractivity contribution in [2.45, 2.75) is 77.2 Å². The quantitative estimate of drug-likeness (QED) is 0.791. The lowest BCUT2D eigenvalue weighted by molar-refractivity contribution is -0.127. The maximum atomic E-state index is 11.2. The number of nitrogens with zero attached hydrogens (tertiary/aromatic N) is 1. The minimum absolute atomic E-state index is 0.0573. The fourth-order valence-electron chi connectivity index (χ4n) is 3.53. The van der Waals surface area contributed by atoms with Crippen molar-refractivity contribution in [2.75, 3.05) is 7.05 Å². The fraction of sp³-hybridized carbons (Fsp3) is 0.700. The molecular formula is C20H34N2O2. The van der Waals surface area contributed by atoms with Crippen molar-refractivity contribution < 1.29 is 9.59 Å². The molecule has 0 bridgehead atoms. The van der Waals surface area contributed by atoms with E-state index in [9.17, 15) is 9.59 Å². The largest absolute Gasteiger partial charge is 0.366 e. The lowest BCUT2D eigenvalue weighted by Crippen LogP contribution is -2.37. The average Bonchev–Trinajstić information content (AvgIpc) is 2.62. The number of allylic oxidation sites excluding steroid dienone is 1. The lowest BCUT2D eigenvalue weighted by atomic mass is 9.88. The van der Waals surface area contributed by atoms with Crippen LogP contribution in [-0.2, 0) is 9.59 Å². The number of carbonyl (C=O) groups excluding carboxylic acids is 2. The summed E-state index contributed by atoms with van der Waals surface area (Å²) in [4.78, 5) is 23.8. The molecule has 2 rings (SSSR count). The Balaban J connectivity index is 0.000000240. The molecule has 0 spiro atoms. The van der Waals surface area contributed by atoms with Crippen LogP contribution >= 0.6 is 0 Å². The topological polar surface area (TPSA) is 63.4 Å². The molecular weight excluding hydrogens is 300 g/mol. The molecule has 0 aromatic rings. The second-order valence-corrected chi connectivity index (χ2v) is 7.06. The number of rotatable bonds is 4. The van der Waals surface area contributed by atoms with Gasteiger partial charge < -0.3 is 10.6 Å². The third kappa shape index (κ3) is 7.33. The van der Waals surface area contributed by atoms with Crippen LogP contribution in [0, 0.1) is 5.92 Å². The molecule has 2 saturated carbocycles. The highest BCUT2D eigenvalue weighted by Gasteiger charge is 2.19. The second kappa shape index (κ2) is 11.1. The number of nitrogens with two attached hydrogens (primary N) is 1. The number of hydrogen-bond acceptors (Lipinski definition) is 2. The van der Waals surface area contributed by atoms with Gasteiger partial charge in [0, 0.05) is 18.7 Å². The van der Waals surface area contributed by atoms with E-state index >= 15 is 0 Å².